The lowest BCUT2D eigenvalue weighted by Gasteiger charge is -2.13. The van der Waals surface area contributed by atoms with E-state index >= 15 is 0 Å². The molecule has 1 aromatic carbocycles. The van der Waals surface area contributed by atoms with Crippen molar-refractivity contribution in [2.45, 2.75) is 0 Å². The minimum atomic E-state index is 0.839. The lowest BCUT2D eigenvalue weighted by atomic mass is 10.2. The van der Waals surface area contributed by atoms with Crippen LogP contribution in [0, 0.1) is 0 Å². The van der Waals surface area contributed by atoms with Gasteiger partial charge in [-0.2, -0.15) is 0 Å². The maximum absolute atomic E-state index is 4.95. The van der Waals surface area contributed by atoms with Crippen molar-refractivity contribution in [1.29, 1.82) is 0 Å². The van der Waals surface area contributed by atoms with Crippen molar-refractivity contribution in [1.82, 2.24) is 29.1 Å². The normalized spacial score (nSPS) is 11.2. The largest absolute Gasteiger partial charge is 0.363 e. The van der Waals surface area contributed by atoms with Crippen LogP contribution in [-0.2, 0) is 0 Å². The molecule has 0 spiro atoms. The Bertz CT molecular complexity index is 1560. The summed E-state index contributed by atoms with van der Waals surface area (Å²) >= 11 is 1.58. The first-order chi connectivity index (χ1) is 16.7. The molecule has 0 N–H and O–H groups in total. The first-order valence-electron chi connectivity index (χ1n) is 10.8. The number of rotatable bonds is 5. The third-order valence-corrected chi connectivity index (χ3v) is 6.47. The van der Waals surface area contributed by atoms with Crippen LogP contribution in [0.15, 0.2) is 91.0 Å². The molecule has 0 saturated carbocycles. The first kappa shape index (κ1) is 20.3. The van der Waals surface area contributed by atoms with Crippen LogP contribution in [0.3, 0.4) is 0 Å². The minimum absolute atomic E-state index is 0.839. The molecular weight excluding hydrogens is 442 g/mol. The molecule has 0 atom stereocenters. The molecule has 6 rings (SSSR count). The Hall–Kier alpha value is -4.30. The Labute approximate surface area is 200 Å². The van der Waals surface area contributed by atoms with Crippen molar-refractivity contribution >= 4 is 28.2 Å². The van der Waals surface area contributed by atoms with Gasteiger partial charge in [0.05, 0.1) is 11.9 Å². The van der Waals surface area contributed by atoms with Crippen LogP contribution in [-0.4, -0.2) is 43.2 Å². The van der Waals surface area contributed by atoms with Gasteiger partial charge in [-0.3, -0.25) is 4.57 Å². The highest BCUT2D eigenvalue weighted by Crippen LogP contribution is 2.30. The Kier molecular flexibility index (Phi) is 4.92. The van der Waals surface area contributed by atoms with E-state index < -0.39 is 0 Å². The van der Waals surface area contributed by atoms with Crippen molar-refractivity contribution in [2.24, 2.45) is 0 Å². The highest BCUT2D eigenvalue weighted by molar-refractivity contribution is 7.13. The number of hydrogen-bond acceptors (Lipinski definition) is 6. The van der Waals surface area contributed by atoms with E-state index in [1.54, 1.807) is 17.5 Å². The fourth-order valence-corrected chi connectivity index (χ4v) is 4.56. The molecule has 0 aliphatic carbocycles. The van der Waals surface area contributed by atoms with Crippen LogP contribution in [0.2, 0.25) is 0 Å². The second kappa shape index (κ2) is 8.24. The Balaban J connectivity index is 1.43. The van der Waals surface area contributed by atoms with Crippen LogP contribution in [0.25, 0.3) is 44.5 Å². The molecule has 0 aliphatic rings. The van der Waals surface area contributed by atoms with Gasteiger partial charge in [-0.25, -0.2) is 19.9 Å². The topological polar surface area (TPSA) is 64.7 Å². The predicted molar refractivity (Wildman–Crippen MR) is 137 cm³/mol. The zero-order chi connectivity index (χ0) is 23.1. The van der Waals surface area contributed by atoms with Gasteiger partial charge in [0.2, 0.25) is 0 Å². The second-order valence-corrected chi connectivity index (χ2v) is 8.97. The van der Waals surface area contributed by atoms with Crippen molar-refractivity contribution in [3.63, 3.8) is 0 Å². The summed E-state index contributed by atoms with van der Waals surface area (Å²) in [4.78, 5) is 20.5. The van der Waals surface area contributed by atoms with Gasteiger partial charge in [0.25, 0.3) is 0 Å². The molecule has 34 heavy (non-hydrogen) atoms. The number of benzene rings is 1. The summed E-state index contributed by atoms with van der Waals surface area (Å²) in [5.41, 5.74) is 4.78. The predicted octanol–water partition coefficient (Wildman–Crippen LogP) is 5.46. The van der Waals surface area contributed by atoms with E-state index in [0.29, 0.717) is 0 Å². The van der Waals surface area contributed by atoms with Crippen LogP contribution in [0.1, 0.15) is 0 Å². The number of anilines is 1. The molecule has 5 heterocycles. The van der Waals surface area contributed by atoms with Crippen molar-refractivity contribution in [2.75, 3.05) is 19.0 Å². The highest BCUT2D eigenvalue weighted by atomic mass is 32.1. The molecule has 0 fully saturated rings. The number of nitrogens with zero attached hydrogens (tertiary/aromatic N) is 7. The van der Waals surface area contributed by atoms with Gasteiger partial charge in [0, 0.05) is 60.9 Å². The number of pyridine rings is 2. The summed E-state index contributed by atoms with van der Waals surface area (Å²) < 4.78 is 4.17. The van der Waals surface area contributed by atoms with Gasteiger partial charge in [-0.05, 0) is 54.6 Å². The minimum Gasteiger partial charge on any atom is -0.363 e. The molecule has 0 aliphatic heterocycles. The summed E-state index contributed by atoms with van der Waals surface area (Å²) in [7, 11) is 3.96. The number of hydrogen-bond donors (Lipinski definition) is 0. The Morgan fingerprint density at radius 3 is 2.41 bits per heavy atom. The summed E-state index contributed by atoms with van der Waals surface area (Å²) in [5, 5.41) is 3.97. The second-order valence-electron chi connectivity index (χ2n) is 8.07. The molecule has 8 heteroatoms. The van der Waals surface area contributed by atoms with Crippen molar-refractivity contribution in [3.8, 4) is 33.5 Å². The SMILES string of the molecule is CN(C)c1ccc(-n2cc(-c3nccs3)nc2-c2ccc(-n3ccc4cccnc43)cc2)cn1. The maximum atomic E-state index is 4.95. The van der Waals surface area contributed by atoms with E-state index in [-0.39, 0.29) is 0 Å². The summed E-state index contributed by atoms with van der Waals surface area (Å²) in [6.07, 6.45) is 9.57. The van der Waals surface area contributed by atoms with Crippen molar-refractivity contribution < 1.29 is 0 Å². The standard InChI is InChI=1S/C26H21N7S/c1-31(2)23-10-9-21(16-29-23)33-17-22(26-28-13-15-34-26)30-25(33)19-5-7-20(8-6-19)32-14-11-18-4-3-12-27-24(18)32/h3-17H,1-2H3. The summed E-state index contributed by atoms with van der Waals surface area (Å²) in [6, 6.07) is 18.5. The third-order valence-electron chi connectivity index (χ3n) is 5.68. The zero-order valence-electron chi connectivity index (χ0n) is 18.7. The smallest absolute Gasteiger partial charge is 0.145 e. The van der Waals surface area contributed by atoms with Gasteiger partial charge in [-0.1, -0.05) is 0 Å². The summed E-state index contributed by atoms with van der Waals surface area (Å²) in [5.74, 6) is 1.74. The summed E-state index contributed by atoms with van der Waals surface area (Å²) in [6.45, 7) is 0. The third kappa shape index (κ3) is 3.54. The molecule has 0 radical (unpaired) electrons. The first-order valence-corrected chi connectivity index (χ1v) is 11.7. The highest BCUT2D eigenvalue weighted by Gasteiger charge is 2.15. The molecule has 0 bridgehead atoms. The number of fused-ring (bicyclic) bond motifs is 1. The van der Waals surface area contributed by atoms with E-state index in [0.717, 1.165) is 50.3 Å². The van der Waals surface area contributed by atoms with Gasteiger partial charge < -0.3 is 9.47 Å². The van der Waals surface area contributed by atoms with Gasteiger partial charge in [-0.15, -0.1) is 11.3 Å². The van der Waals surface area contributed by atoms with Crippen LogP contribution in [0.4, 0.5) is 5.82 Å². The molecule has 166 valence electrons. The Morgan fingerprint density at radius 2 is 1.68 bits per heavy atom. The molecule has 7 nitrogen and oxygen atoms in total. The fourth-order valence-electron chi connectivity index (χ4n) is 3.96. The number of imidazole rings is 1. The van der Waals surface area contributed by atoms with E-state index in [9.17, 15) is 0 Å². The van der Waals surface area contributed by atoms with Crippen LogP contribution < -0.4 is 4.90 Å². The fraction of sp³-hybridized carbons (Fsp3) is 0.0769. The maximum Gasteiger partial charge on any atom is 0.145 e. The van der Waals surface area contributed by atoms with Gasteiger partial charge in [0.1, 0.15) is 28.0 Å². The average Bonchev–Trinajstić information content (AvgIpc) is 3.64. The molecule has 5 aromatic heterocycles. The van der Waals surface area contributed by atoms with Gasteiger partial charge >= 0.3 is 0 Å². The van der Waals surface area contributed by atoms with E-state index in [2.05, 4.69) is 66.6 Å². The van der Waals surface area contributed by atoms with E-state index in [4.69, 9.17) is 4.98 Å². The van der Waals surface area contributed by atoms with Gasteiger partial charge in [0.15, 0.2) is 0 Å². The lowest BCUT2D eigenvalue weighted by Crippen LogP contribution is -2.10. The molecule has 0 unspecified atom stereocenters. The van der Waals surface area contributed by atoms with Crippen LogP contribution >= 0.6 is 11.3 Å². The molecule has 6 aromatic rings. The monoisotopic (exact) mass is 463 g/mol. The zero-order valence-corrected chi connectivity index (χ0v) is 19.5. The van der Waals surface area contributed by atoms with Crippen LogP contribution in [0.5, 0.6) is 0 Å². The van der Waals surface area contributed by atoms with Crippen molar-refractivity contribution in [3.05, 3.63) is 91.0 Å². The molecular formula is C26H21N7S. The number of aromatic nitrogens is 6. The Morgan fingerprint density at radius 1 is 0.824 bits per heavy atom. The molecule has 0 amide bonds. The average molecular weight is 464 g/mol. The quantitative estimate of drug-likeness (QED) is 0.340. The number of thiazole rings is 1. The van der Waals surface area contributed by atoms with E-state index in [1.807, 2.05) is 61.3 Å². The molecule has 0 saturated heterocycles. The lowest BCUT2D eigenvalue weighted by molar-refractivity contribution is 1.02. The van der Waals surface area contributed by atoms with E-state index in [1.165, 1.54) is 0 Å².